The lowest BCUT2D eigenvalue weighted by Gasteiger charge is -2.06. The smallest absolute Gasteiger partial charge is 0.475 e. The zero-order chi connectivity index (χ0) is 26.3. The number of quaternary nitrogens is 1. The number of para-hydroxylation sites is 1. The van der Waals surface area contributed by atoms with Crippen molar-refractivity contribution in [3.63, 3.8) is 0 Å². The number of carbonyl (C=O) groups is 1. The van der Waals surface area contributed by atoms with Gasteiger partial charge in [0.05, 0.1) is 12.1 Å². The zero-order valence-electron chi connectivity index (χ0n) is 18.4. The van der Waals surface area contributed by atoms with Crippen LogP contribution in [0.5, 0.6) is 11.5 Å². The van der Waals surface area contributed by atoms with Crippen molar-refractivity contribution in [1.82, 2.24) is 0 Å². The van der Waals surface area contributed by atoms with Crippen LogP contribution in [-0.2, 0) is 21.2 Å². The van der Waals surface area contributed by atoms with E-state index < -0.39 is 27.4 Å². The second kappa shape index (κ2) is 11.4. The quantitative estimate of drug-likeness (QED) is 0.299. The molecule has 1 aliphatic heterocycles. The predicted molar refractivity (Wildman–Crippen MR) is 129 cm³/mol. The number of benzene rings is 3. The Labute approximate surface area is 209 Å². The van der Waals surface area contributed by atoms with Crippen LogP contribution in [0.15, 0.2) is 77.8 Å². The van der Waals surface area contributed by atoms with E-state index in [0.717, 1.165) is 34.3 Å². The first kappa shape index (κ1) is 27.0. The molecule has 4 rings (SSSR count). The number of alkyl halides is 4. The van der Waals surface area contributed by atoms with Crippen molar-refractivity contribution in [1.29, 1.82) is 0 Å². The highest BCUT2D eigenvalue weighted by atomic mass is 35.5. The van der Waals surface area contributed by atoms with E-state index in [2.05, 4.69) is 9.71 Å². The zero-order valence-corrected chi connectivity index (χ0v) is 19.9. The molecule has 1 aliphatic rings. The molecular formula is C23H20ClF3N3O5S+. The fourth-order valence-corrected chi connectivity index (χ4v) is 3.70. The number of ether oxygens (including phenoxy) is 1. The number of carboxylic acids is 1. The SMILES string of the molecule is O=C(O)C(F)(F)F.O=S(=O)(CCl)Nc1ccc2c(c1)N=C(Cc1ccc(Oc3ccccc3)cc1)[NH2+]2. The number of nitrogens with zero attached hydrogens (tertiary/aromatic N) is 1. The van der Waals surface area contributed by atoms with Gasteiger partial charge in [0.2, 0.25) is 15.9 Å². The second-order valence-electron chi connectivity index (χ2n) is 7.39. The summed E-state index contributed by atoms with van der Waals surface area (Å²) in [4.78, 5) is 13.5. The van der Waals surface area contributed by atoms with Gasteiger partial charge in [0.1, 0.15) is 22.4 Å². The number of amidine groups is 1. The maximum absolute atomic E-state index is 11.6. The summed E-state index contributed by atoms with van der Waals surface area (Å²) < 4.78 is 63.2. The van der Waals surface area contributed by atoms with Crippen LogP contribution in [0, 0.1) is 0 Å². The Balaban J connectivity index is 0.000000454. The van der Waals surface area contributed by atoms with Gasteiger partial charge in [0.25, 0.3) is 0 Å². The molecule has 0 saturated carbocycles. The lowest BCUT2D eigenvalue weighted by atomic mass is 10.1. The summed E-state index contributed by atoms with van der Waals surface area (Å²) in [6.07, 6.45) is -4.41. The second-order valence-corrected chi connectivity index (χ2v) is 9.69. The number of hydrogen-bond acceptors (Lipinski definition) is 5. The highest BCUT2D eigenvalue weighted by molar-refractivity contribution is 7.93. The molecule has 13 heteroatoms. The topological polar surface area (TPSA) is 122 Å². The normalized spacial score (nSPS) is 12.6. The minimum atomic E-state index is -5.08. The van der Waals surface area contributed by atoms with Crippen molar-refractivity contribution < 1.29 is 41.5 Å². The fraction of sp³-hybridized carbons (Fsp3) is 0.130. The highest BCUT2D eigenvalue weighted by Gasteiger charge is 2.38. The number of aliphatic imine (C=N–C) groups is 1. The number of nitrogens with two attached hydrogens (primary N) is 1. The first-order valence-corrected chi connectivity index (χ1v) is 12.4. The number of nitrogens with one attached hydrogen (secondary N) is 1. The molecule has 0 bridgehead atoms. The van der Waals surface area contributed by atoms with Crippen molar-refractivity contribution in [3.8, 4) is 11.5 Å². The summed E-state index contributed by atoms with van der Waals surface area (Å²) in [5, 5.41) is 8.64. The van der Waals surface area contributed by atoms with Gasteiger partial charge in [-0.05, 0) is 42.0 Å². The molecule has 0 unspecified atom stereocenters. The summed E-state index contributed by atoms with van der Waals surface area (Å²) in [5.41, 5.74) is 3.25. The first-order chi connectivity index (χ1) is 16.9. The Morgan fingerprint density at radius 1 is 1.03 bits per heavy atom. The molecule has 0 amide bonds. The maximum atomic E-state index is 11.6. The van der Waals surface area contributed by atoms with Gasteiger partial charge in [0, 0.05) is 6.07 Å². The Hall–Kier alpha value is -3.61. The van der Waals surface area contributed by atoms with Crippen molar-refractivity contribution in [3.05, 3.63) is 78.4 Å². The molecule has 0 aliphatic carbocycles. The molecule has 0 aromatic heterocycles. The molecule has 190 valence electrons. The molecule has 0 radical (unpaired) electrons. The monoisotopic (exact) mass is 542 g/mol. The first-order valence-electron chi connectivity index (χ1n) is 10.2. The third-order valence-corrected chi connectivity index (χ3v) is 6.26. The lowest BCUT2D eigenvalue weighted by Crippen LogP contribution is -2.81. The van der Waals surface area contributed by atoms with E-state index in [0.29, 0.717) is 12.1 Å². The molecule has 4 N–H and O–H groups in total. The van der Waals surface area contributed by atoms with Crippen LogP contribution in [0.4, 0.5) is 30.2 Å². The summed E-state index contributed by atoms with van der Waals surface area (Å²) in [6.45, 7) is 0. The fourth-order valence-electron chi connectivity index (χ4n) is 3.00. The van der Waals surface area contributed by atoms with Gasteiger partial charge in [0.15, 0.2) is 5.69 Å². The van der Waals surface area contributed by atoms with Crippen LogP contribution < -0.4 is 14.8 Å². The molecule has 8 nitrogen and oxygen atoms in total. The Morgan fingerprint density at radius 2 is 1.64 bits per heavy atom. The van der Waals surface area contributed by atoms with Crippen LogP contribution in [0.25, 0.3) is 0 Å². The predicted octanol–water partition coefficient (Wildman–Crippen LogP) is 4.53. The van der Waals surface area contributed by atoms with Crippen LogP contribution >= 0.6 is 11.6 Å². The van der Waals surface area contributed by atoms with Crippen LogP contribution in [-0.4, -0.2) is 36.7 Å². The van der Waals surface area contributed by atoms with Gasteiger partial charge < -0.3 is 9.84 Å². The molecule has 0 saturated heterocycles. The van der Waals surface area contributed by atoms with Crippen LogP contribution in [0.2, 0.25) is 0 Å². The molecule has 36 heavy (non-hydrogen) atoms. The van der Waals surface area contributed by atoms with Gasteiger partial charge >= 0.3 is 12.1 Å². The van der Waals surface area contributed by atoms with Crippen LogP contribution in [0.3, 0.4) is 0 Å². The molecule has 0 atom stereocenters. The van der Waals surface area contributed by atoms with Crippen molar-refractivity contribution in [2.75, 3.05) is 9.93 Å². The van der Waals surface area contributed by atoms with Crippen molar-refractivity contribution in [2.45, 2.75) is 12.6 Å². The average molecular weight is 543 g/mol. The van der Waals surface area contributed by atoms with Crippen molar-refractivity contribution >= 4 is 50.5 Å². The number of halogens is 4. The number of fused-ring (bicyclic) bond motifs is 1. The molecule has 3 aromatic rings. The van der Waals surface area contributed by atoms with Gasteiger partial charge in [-0.15, -0.1) is 11.6 Å². The number of aliphatic carboxylic acids is 1. The summed E-state index contributed by atoms with van der Waals surface area (Å²) in [7, 11) is -3.53. The minimum Gasteiger partial charge on any atom is -0.475 e. The molecule has 1 heterocycles. The minimum absolute atomic E-state index is 0.449. The van der Waals surface area contributed by atoms with E-state index in [1.807, 2.05) is 66.0 Å². The van der Waals surface area contributed by atoms with E-state index in [4.69, 9.17) is 26.2 Å². The summed E-state index contributed by atoms with van der Waals surface area (Å²) >= 11 is 5.44. The number of rotatable bonds is 7. The summed E-state index contributed by atoms with van der Waals surface area (Å²) in [6, 6.07) is 22.8. The van der Waals surface area contributed by atoms with E-state index in [1.165, 1.54) is 0 Å². The molecule has 3 aromatic carbocycles. The number of hydrogen-bond donors (Lipinski definition) is 3. The Kier molecular flexibility index (Phi) is 8.56. The third kappa shape index (κ3) is 7.97. The lowest BCUT2D eigenvalue weighted by molar-refractivity contribution is -0.440. The van der Waals surface area contributed by atoms with Gasteiger partial charge in [-0.1, -0.05) is 30.3 Å². The molecule has 0 fully saturated rings. The van der Waals surface area contributed by atoms with E-state index in [1.54, 1.807) is 12.1 Å². The maximum Gasteiger partial charge on any atom is 0.490 e. The Bertz CT molecular complexity index is 1350. The van der Waals surface area contributed by atoms with Crippen molar-refractivity contribution in [2.24, 2.45) is 4.99 Å². The largest absolute Gasteiger partial charge is 0.490 e. The van der Waals surface area contributed by atoms with Gasteiger partial charge in [-0.25, -0.2) is 13.2 Å². The Morgan fingerprint density at radius 3 is 2.22 bits per heavy atom. The van der Waals surface area contributed by atoms with Gasteiger partial charge in [-0.3, -0.25) is 10.0 Å². The van der Waals surface area contributed by atoms with E-state index in [-0.39, 0.29) is 0 Å². The number of sulfonamides is 1. The third-order valence-electron chi connectivity index (χ3n) is 4.56. The van der Waals surface area contributed by atoms with Gasteiger partial charge in [-0.2, -0.15) is 18.2 Å². The molecular weight excluding hydrogens is 523 g/mol. The average Bonchev–Trinajstić information content (AvgIpc) is 3.22. The number of anilines is 1. The summed E-state index contributed by atoms with van der Waals surface area (Å²) in [5.74, 6) is -0.275. The van der Waals surface area contributed by atoms with Crippen LogP contribution in [0.1, 0.15) is 5.56 Å². The van der Waals surface area contributed by atoms with E-state index >= 15 is 0 Å². The highest BCUT2D eigenvalue weighted by Crippen LogP contribution is 2.29. The number of carboxylic acid groups (broad SMARTS) is 1. The molecule has 0 spiro atoms. The standard InChI is InChI=1S/C21H18ClN3O3S.C2HF3O2/c22-14-29(26,27)25-16-8-11-19-20(13-16)24-21(23-19)12-15-6-9-18(10-7-15)28-17-4-2-1-3-5-17;3-2(4,5)1(6)7/h1-11,13,25H,12,14H2,(H,23,24);(H,6,7)/p+1. The van der Waals surface area contributed by atoms with E-state index in [9.17, 15) is 21.6 Å².